The number of aryl methyl sites for hydroxylation is 1. The second kappa shape index (κ2) is 5.27. The Hall–Kier alpha value is -1.13. The average molecular weight is 235 g/mol. The number of nitrogens with zero attached hydrogens (tertiary/aromatic N) is 1. The molecule has 0 bridgehead atoms. The minimum absolute atomic E-state index is 0.720. The molecule has 1 aromatic carbocycles. The van der Waals surface area contributed by atoms with Crippen LogP contribution in [0.2, 0.25) is 0 Å². The summed E-state index contributed by atoms with van der Waals surface area (Å²) >= 11 is 1.71. The van der Waals surface area contributed by atoms with E-state index in [0.29, 0.717) is 0 Å². The molecule has 0 saturated carbocycles. The van der Waals surface area contributed by atoms with Crippen LogP contribution >= 0.6 is 11.3 Å². The minimum Gasteiger partial charge on any atom is -0.361 e. The fourth-order valence-corrected chi connectivity index (χ4v) is 2.60. The third-order valence-corrected chi connectivity index (χ3v) is 3.52. The van der Waals surface area contributed by atoms with E-state index in [0.717, 1.165) is 36.6 Å². The van der Waals surface area contributed by atoms with E-state index in [9.17, 15) is 0 Å². The van der Waals surface area contributed by atoms with E-state index in [2.05, 4.69) is 35.4 Å². The Morgan fingerprint density at radius 1 is 1.44 bits per heavy atom. The first-order chi connectivity index (χ1) is 7.85. The number of aromatic nitrogens is 1. The number of para-hydroxylation sites is 1. The van der Waals surface area contributed by atoms with Gasteiger partial charge in [0, 0.05) is 6.54 Å². The van der Waals surface area contributed by atoms with Crippen LogP contribution < -0.4 is 11.1 Å². The zero-order chi connectivity index (χ0) is 11.4. The fraction of sp³-hybridized carbons (Fsp3) is 0.417. The predicted molar refractivity (Wildman–Crippen MR) is 71.2 cm³/mol. The van der Waals surface area contributed by atoms with Crippen molar-refractivity contribution in [3.63, 3.8) is 0 Å². The van der Waals surface area contributed by atoms with Gasteiger partial charge in [-0.15, -0.1) is 0 Å². The highest BCUT2D eigenvalue weighted by Gasteiger charge is 2.05. The van der Waals surface area contributed by atoms with Crippen LogP contribution in [0.5, 0.6) is 0 Å². The summed E-state index contributed by atoms with van der Waals surface area (Å²) < 4.78 is 1.26. The molecular weight excluding hydrogens is 218 g/mol. The van der Waals surface area contributed by atoms with Crippen molar-refractivity contribution in [2.24, 2.45) is 5.73 Å². The maximum atomic E-state index is 5.46. The van der Waals surface area contributed by atoms with Gasteiger partial charge in [0.1, 0.15) is 0 Å². The van der Waals surface area contributed by atoms with Crippen LogP contribution in [-0.2, 0) is 6.42 Å². The third-order valence-electron chi connectivity index (χ3n) is 2.54. The monoisotopic (exact) mass is 235 g/mol. The summed E-state index contributed by atoms with van der Waals surface area (Å²) in [5, 5.41) is 4.32. The summed E-state index contributed by atoms with van der Waals surface area (Å²) in [5.41, 5.74) is 7.92. The van der Waals surface area contributed by atoms with Gasteiger partial charge in [-0.3, -0.25) is 0 Å². The van der Waals surface area contributed by atoms with Crippen LogP contribution in [0, 0.1) is 0 Å². The lowest BCUT2D eigenvalue weighted by molar-refractivity contribution is 0.873. The van der Waals surface area contributed by atoms with Crippen molar-refractivity contribution in [3.8, 4) is 0 Å². The van der Waals surface area contributed by atoms with Crippen LogP contribution in [0.25, 0.3) is 10.2 Å². The molecule has 0 aliphatic carbocycles. The molecule has 4 heteroatoms. The van der Waals surface area contributed by atoms with E-state index in [4.69, 9.17) is 5.73 Å². The number of benzene rings is 1. The van der Waals surface area contributed by atoms with Crippen LogP contribution in [0.15, 0.2) is 18.2 Å². The van der Waals surface area contributed by atoms with E-state index in [1.54, 1.807) is 11.3 Å². The van der Waals surface area contributed by atoms with Gasteiger partial charge in [0.05, 0.1) is 10.2 Å². The molecule has 0 aliphatic heterocycles. The van der Waals surface area contributed by atoms with Gasteiger partial charge in [-0.2, -0.15) is 0 Å². The Labute approximate surface area is 99.7 Å². The first-order valence-electron chi connectivity index (χ1n) is 5.67. The number of hydrogen-bond donors (Lipinski definition) is 2. The summed E-state index contributed by atoms with van der Waals surface area (Å²) in [7, 11) is 0. The van der Waals surface area contributed by atoms with Gasteiger partial charge in [-0.25, -0.2) is 4.98 Å². The Bertz CT molecular complexity index is 464. The second-order valence-electron chi connectivity index (χ2n) is 3.71. The first kappa shape index (κ1) is 11.4. The smallest absolute Gasteiger partial charge is 0.183 e. The van der Waals surface area contributed by atoms with Crippen molar-refractivity contribution in [2.75, 3.05) is 18.4 Å². The van der Waals surface area contributed by atoms with Crippen molar-refractivity contribution in [1.82, 2.24) is 4.98 Å². The van der Waals surface area contributed by atoms with Crippen LogP contribution in [-0.4, -0.2) is 18.1 Å². The van der Waals surface area contributed by atoms with Crippen molar-refractivity contribution >= 4 is 26.7 Å². The van der Waals surface area contributed by atoms with E-state index in [1.807, 2.05) is 0 Å². The van der Waals surface area contributed by atoms with Crippen LogP contribution in [0.3, 0.4) is 0 Å². The summed E-state index contributed by atoms with van der Waals surface area (Å²) in [4.78, 5) is 4.62. The molecule has 16 heavy (non-hydrogen) atoms. The van der Waals surface area contributed by atoms with Gasteiger partial charge in [0.2, 0.25) is 0 Å². The number of thiazole rings is 1. The van der Waals surface area contributed by atoms with Gasteiger partial charge in [0.25, 0.3) is 0 Å². The summed E-state index contributed by atoms with van der Waals surface area (Å²) in [6.45, 7) is 3.78. The second-order valence-corrected chi connectivity index (χ2v) is 4.74. The summed E-state index contributed by atoms with van der Waals surface area (Å²) in [6.07, 6.45) is 2.01. The molecular formula is C12H17N3S. The number of hydrogen-bond acceptors (Lipinski definition) is 4. The lowest BCUT2D eigenvalue weighted by Gasteiger charge is -1.98. The number of nitrogens with one attached hydrogen (secondary N) is 1. The maximum Gasteiger partial charge on any atom is 0.183 e. The molecule has 86 valence electrons. The predicted octanol–water partition coefficient (Wildman–Crippen LogP) is 2.62. The summed E-state index contributed by atoms with van der Waals surface area (Å²) in [6, 6.07) is 6.37. The normalized spacial score (nSPS) is 10.9. The largest absolute Gasteiger partial charge is 0.361 e. The molecule has 0 aliphatic rings. The highest BCUT2D eigenvalue weighted by atomic mass is 32.1. The zero-order valence-electron chi connectivity index (χ0n) is 9.49. The van der Waals surface area contributed by atoms with E-state index in [-0.39, 0.29) is 0 Å². The number of anilines is 1. The molecule has 1 aromatic heterocycles. The molecule has 0 saturated heterocycles. The van der Waals surface area contributed by atoms with E-state index < -0.39 is 0 Å². The number of nitrogens with two attached hydrogens (primary N) is 1. The average Bonchev–Trinajstić information content (AvgIpc) is 2.71. The van der Waals surface area contributed by atoms with Crippen LogP contribution in [0.1, 0.15) is 18.9 Å². The van der Waals surface area contributed by atoms with Crippen molar-refractivity contribution < 1.29 is 0 Å². The Morgan fingerprint density at radius 2 is 2.31 bits per heavy atom. The molecule has 0 amide bonds. The van der Waals surface area contributed by atoms with Crippen molar-refractivity contribution in [2.45, 2.75) is 19.8 Å². The molecule has 3 nitrogen and oxygen atoms in total. The lowest BCUT2D eigenvalue weighted by atomic mass is 10.1. The molecule has 0 radical (unpaired) electrons. The van der Waals surface area contributed by atoms with Gasteiger partial charge < -0.3 is 11.1 Å². The molecule has 3 N–H and O–H groups in total. The molecule has 0 atom stereocenters. The lowest BCUT2D eigenvalue weighted by Crippen LogP contribution is -2.08. The summed E-state index contributed by atoms with van der Waals surface area (Å²) in [5.74, 6) is 0. The highest BCUT2D eigenvalue weighted by Crippen LogP contribution is 2.28. The maximum absolute atomic E-state index is 5.46. The molecule has 2 rings (SSSR count). The molecule has 1 heterocycles. The van der Waals surface area contributed by atoms with Crippen molar-refractivity contribution in [3.05, 3.63) is 23.8 Å². The Kier molecular flexibility index (Phi) is 3.74. The standard InChI is InChI=1S/C12H17N3S/c1-2-9-5-3-6-10-11(9)15-12(16-10)14-8-4-7-13/h3,5-6H,2,4,7-8,13H2,1H3,(H,14,15). The van der Waals surface area contributed by atoms with Gasteiger partial charge in [-0.1, -0.05) is 30.4 Å². The first-order valence-corrected chi connectivity index (χ1v) is 6.49. The number of rotatable bonds is 5. The fourth-order valence-electron chi connectivity index (χ4n) is 1.66. The number of fused-ring (bicyclic) bond motifs is 1. The van der Waals surface area contributed by atoms with E-state index in [1.165, 1.54) is 10.3 Å². The quantitative estimate of drug-likeness (QED) is 0.783. The van der Waals surface area contributed by atoms with Crippen molar-refractivity contribution in [1.29, 1.82) is 0 Å². The van der Waals surface area contributed by atoms with Gasteiger partial charge in [-0.05, 0) is 31.0 Å². The molecule has 2 aromatic rings. The Morgan fingerprint density at radius 3 is 3.06 bits per heavy atom. The highest BCUT2D eigenvalue weighted by molar-refractivity contribution is 7.22. The van der Waals surface area contributed by atoms with Crippen LogP contribution in [0.4, 0.5) is 5.13 Å². The zero-order valence-corrected chi connectivity index (χ0v) is 10.3. The van der Waals surface area contributed by atoms with Gasteiger partial charge in [0.15, 0.2) is 5.13 Å². The third kappa shape index (κ3) is 2.33. The topological polar surface area (TPSA) is 50.9 Å². The SMILES string of the molecule is CCc1cccc2sc(NCCCN)nc12. The molecule has 0 spiro atoms. The Balaban J connectivity index is 2.22. The molecule has 0 fully saturated rings. The molecule has 0 unspecified atom stereocenters. The van der Waals surface area contributed by atoms with Gasteiger partial charge >= 0.3 is 0 Å². The van der Waals surface area contributed by atoms with E-state index >= 15 is 0 Å². The minimum atomic E-state index is 0.720.